The number of rotatable bonds is 7. The third kappa shape index (κ3) is 4.46. The van der Waals surface area contributed by atoms with Crippen LogP contribution < -0.4 is 0 Å². The maximum Gasteiger partial charge on any atom is 0.364 e. The van der Waals surface area contributed by atoms with Gasteiger partial charge in [-0.05, 0) is 6.42 Å². The fourth-order valence-corrected chi connectivity index (χ4v) is 1.76. The largest absolute Gasteiger partial charge is 0.364 e. The lowest BCUT2D eigenvalue weighted by molar-refractivity contribution is -0.167. The van der Waals surface area contributed by atoms with E-state index in [2.05, 4.69) is 0 Å². The highest BCUT2D eigenvalue weighted by molar-refractivity contribution is 7.91. The van der Waals surface area contributed by atoms with E-state index in [9.17, 15) is 30.8 Å². The van der Waals surface area contributed by atoms with Crippen molar-refractivity contribution in [1.82, 2.24) is 0 Å². The molecule has 0 unspecified atom stereocenters. The van der Waals surface area contributed by atoms with Crippen molar-refractivity contribution in [2.75, 3.05) is 11.5 Å². The molecule has 0 fully saturated rings. The molecule has 8 heteroatoms. The second-order valence-electron chi connectivity index (χ2n) is 3.19. The number of carbonyl (C=O) groups excluding carboxylic acids is 1. The van der Waals surface area contributed by atoms with E-state index in [4.69, 9.17) is 0 Å². The van der Waals surface area contributed by atoms with Crippen LogP contribution in [0.3, 0.4) is 0 Å². The van der Waals surface area contributed by atoms with Crippen molar-refractivity contribution in [1.29, 1.82) is 0 Å². The molecule has 0 aromatic rings. The molecular weight excluding hydrogens is 252 g/mol. The lowest BCUT2D eigenvalue weighted by atomic mass is 10.1. The van der Waals surface area contributed by atoms with E-state index in [0.717, 1.165) is 0 Å². The molecule has 96 valence electrons. The van der Waals surface area contributed by atoms with Gasteiger partial charge in [-0.25, -0.2) is 17.2 Å². The van der Waals surface area contributed by atoms with Crippen molar-refractivity contribution in [3.63, 3.8) is 0 Å². The molecule has 16 heavy (non-hydrogen) atoms. The van der Waals surface area contributed by atoms with Crippen LogP contribution in [0, 0.1) is 0 Å². The molecular formula is C8H12F4O3S. The molecule has 0 rings (SSSR count). The van der Waals surface area contributed by atoms with E-state index in [-0.39, 0.29) is 12.2 Å². The van der Waals surface area contributed by atoms with Gasteiger partial charge in [0.05, 0.1) is 5.75 Å². The maximum atomic E-state index is 12.4. The first-order valence-electron chi connectivity index (χ1n) is 4.53. The summed E-state index contributed by atoms with van der Waals surface area (Å²) in [6.07, 6.45) is -5.28. The molecule has 3 nitrogen and oxygen atoms in total. The summed E-state index contributed by atoms with van der Waals surface area (Å²) in [7, 11) is -3.37. The zero-order chi connectivity index (χ0) is 13.0. The Morgan fingerprint density at radius 1 is 1.31 bits per heavy atom. The van der Waals surface area contributed by atoms with Gasteiger partial charge in [0.25, 0.3) is 0 Å². The van der Waals surface area contributed by atoms with Gasteiger partial charge >= 0.3 is 12.3 Å². The van der Waals surface area contributed by atoms with Crippen LogP contribution in [-0.4, -0.2) is 38.1 Å². The van der Waals surface area contributed by atoms with Gasteiger partial charge in [-0.15, -0.1) is 0 Å². The van der Waals surface area contributed by atoms with Crippen LogP contribution >= 0.6 is 0 Å². The average molecular weight is 264 g/mol. The molecule has 0 aromatic carbocycles. The number of hydrogen-bond donors (Lipinski definition) is 0. The molecule has 0 spiro atoms. The van der Waals surface area contributed by atoms with Crippen LogP contribution in [0.2, 0.25) is 0 Å². The predicted octanol–water partition coefficient (Wildman–Crippen LogP) is 1.67. The second kappa shape index (κ2) is 5.60. The number of hydrogen-bond acceptors (Lipinski definition) is 3. The van der Waals surface area contributed by atoms with Gasteiger partial charge < -0.3 is 0 Å². The van der Waals surface area contributed by atoms with Crippen LogP contribution in [-0.2, 0) is 14.6 Å². The van der Waals surface area contributed by atoms with Crippen molar-refractivity contribution in [2.24, 2.45) is 0 Å². The summed E-state index contributed by atoms with van der Waals surface area (Å²) in [6.45, 7) is 1.37. The van der Waals surface area contributed by atoms with Crippen LogP contribution in [0.15, 0.2) is 0 Å². The zero-order valence-corrected chi connectivity index (χ0v) is 9.37. The van der Waals surface area contributed by atoms with Gasteiger partial charge in [0.1, 0.15) is 9.84 Å². The summed E-state index contributed by atoms with van der Waals surface area (Å²) < 4.78 is 70.0. The molecule has 0 aliphatic rings. The highest BCUT2D eigenvalue weighted by Gasteiger charge is 2.47. The molecule has 0 radical (unpaired) electrons. The smallest absolute Gasteiger partial charge is 0.293 e. The lowest BCUT2D eigenvalue weighted by Gasteiger charge is -2.13. The Morgan fingerprint density at radius 2 is 1.81 bits per heavy atom. The monoisotopic (exact) mass is 264 g/mol. The van der Waals surface area contributed by atoms with Crippen LogP contribution in [0.1, 0.15) is 19.8 Å². The Labute approximate surface area is 90.7 Å². The summed E-state index contributed by atoms with van der Waals surface area (Å²) in [4.78, 5) is 10.7. The SMILES string of the molecule is CCS(=O)(=O)CCCC(=O)C(F)(F)C(F)F. The molecule has 0 amide bonds. The molecule has 0 aliphatic carbocycles. The standard InChI is InChI=1S/C8H12F4O3S/c1-2-16(14,15)5-3-4-6(13)8(11,12)7(9)10/h7H,2-5H2,1H3. The van der Waals surface area contributed by atoms with E-state index in [1.165, 1.54) is 6.92 Å². The minimum Gasteiger partial charge on any atom is -0.293 e. The van der Waals surface area contributed by atoms with Gasteiger partial charge in [-0.1, -0.05) is 6.92 Å². The predicted molar refractivity (Wildman–Crippen MR) is 49.5 cm³/mol. The topological polar surface area (TPSA) is 51.2 Å². The number of halogens is 4. The van der Waals surface area contributed by atoms with Crippen molar-refractivity contribution in [3.05, 3.63) is 0 Å². The Bertz CT molecular complexity index is 337. The van der Waals surface area contributed by atoms with E-state index in [1.807, 2.05) is 0 Å². The van der Waals surface area contributed by atoms with Gasteiger partial charge in [0.2, 0.25) is 5.78 Å². The normalized spacial score (nSPS) is 13.1. The first-order valence-corrected chi connectivity index (χ1v) is 6.35. The Kier molecular flexibility index (Phi) is 5.37. The summed E-state index contributed by atoms with van der Waals surface area (Å²) in [5.41, 5.74) is 0. The van der Waals surface area contributed by atoms with E-state index >= 15 is 0 Å². The van der Waals surface area contributed by atoms with Crippen molar-refractivity contribution >= 4 is 15.6 Å². The minimum atomic E-state index is -4.68. The number of alkyl halides is 4. The summed E-state index contributed by atoms with van der Waals surface area (Å²) in [5.74, 6) is -7.23. The minimum absolute atomic E-state index is 0.174. The molecule has 0 saturated heterocycles. The lowest BCUT2D eigenvalue weighted by Crippen LogP contribution is -2.36. The van der Waals surface area contributed by atoms with Crippen LogP contribution in [0.5, 0.6) is 0 Å². The van der Waals surface area contributed by atoms with Crippen molar-refractivity contribution in [3.8, 4) is 0 Å². The molecule has 0 heterocycles. The number of ketones is 1. The summed E-state index contributed by atoms with van der Waals surface area (Å²) in [5, 5.41) is 0. The number of sulfone groups is 1. The van der Waals surface area contributed by atoms with Gasteiger partial charge in [-0.3, -0.25) is 4.79 Å². The Balaban J connectivity index is 4.20. The summed E-state index contributed by atoms with van der Waals surface area (Å²) in [6, 6.07) is 0. The molecule has 0 N–H and O–H groups in total. The number of Topliss-reactive ketones (excluding diaryl/α,β-unsaturated/α-hetero) is 1. The quantitative estimate of drug-likeness (QED) is 0.657. The van der Waals surface area contributed by atoms with Crippen LogP contribution in [0.25, 0.3) is 0 Å². The molecule has 0 saturated carbocycles. The second-order valence-corrected chi connectivity index (χ2v) is 5.66. The van der Waals surface area contributed by atoms with Crippen LogP contribution in [0.4, 0.5) is 17.6 Å². The van der Waals surface area contributed by atoms with Crippen molar-refractivity contribution < 1.29 is 30.8 Å². The molecule has 0 aromatic heterocycles. The van der Waals surface area contributed by atoms with Gasteiger partial charge in [-0.2, -0.15) is 8.78 Å². The number of carbonyl (C=O) groups is 1. The third-order valence-corrected chi connectivity index (χ3v) is 3.74. The molecule has 0 aliphatic heterocycles. The van der Waals surface area contributed by atoms with Gasteiger partial charge in [0, 0.05) is 12.2 Å². The summed E-state index contributed by atoms with van der Waals surface area (Å²) >= 11 is 0. The third-order valence-electron chi connectivity index (χ3n) is 1.94. The first-order chi connectivity index (χ1) is 7.13. The van der Waals surface area contributed by atoms with E-state index < -0.39 is 40.1 Å². The van der Waals surface area contributed by atoms with E-state index in [1.54, 1.807) is 0 Å². The first kappa shape index (κ1) is 15.3. The molecule has 0 atom stereocenters. The van der Waals surface area contributed by atoms with Gasteiger partial charge in [0.15, 0.2) is 0 Å². The Hall–Kier alpha value is -0.660. The van der Waals surface area contributed by atoms with E-state index in [0.29, 0.717) is 0 Å². The maximum absolute atomic E-state index is 12.4. The highest BCUT2D eigenvalue weighted by atomic mass is 32.2. The highest BCUT2D eigenvalue weighted by Crippen LogP contribution is 2.25. The Morgan fingerprint density at radius 3 is 2.19 bits per heavy atom. The van der Waals surface area contributed by atoms with Crippen molar-refractivity contribution in [2.45, 2.75) is 32.1 Å². The fraction of sp³-hybridized carbons (Fsp3) is 0.875. The fourth-order valence-electron chi connectivity index (χ4n) is 0.885. The average Bonchev–Trinajstić information content (AvgIpc) is 2.17. The zero-order valence-electron chi connectivity index (χ0n) is 8.55. The molecule has 0 bridgehead atoms.